The summed E-state index contributed by atoms with van der Waals surface area (Å²) in [6.07, 6.45) is 1.36. The van der Waals surface area contributed by atoms with Crippen LogP contribution in [0.1, 0.15) is 16.7 Å². The van der Waals surface area contributed by atoms with Gasteiger partial charge < -0.3 is 4.74 Å². The maximum atomic E-state index is 13.2. The van der Waals surface area contributed by atoms with Crippen molar-refractivity contribution in [1.29, 1.82) is 0 Å². The molecule has 1 heterocycles. The fourth-order valence-corrected chi connectivity index (χ4v) is 4.06. The number of urea groups is 1. The lowest BCUT2D eigenvalue weighted by atomic mass is 10.1. The molecule has 3 aromatic carbocycles. The minimum atomic E-state index is -0.858. The van der Waals surface area contributed by atoms with E-state index in [0.29, 0.717) is 21.4 Å². The molecule has 4 rings (SSSR count). The number of benzene rings is 3. The summed E-state index contributed by atoms with van der Waals surface area (Å²) >= 11 is 15.8. The summed E-state index contributed by atoms with van der Waals surface area (Å²) < 4.78 is 6.84. The zero-order chi connectivity index (χ0) is 24.4. The van der Waals surface area contributed by atoms with Gasteiger partial charge >= 0.3 is 6.03 Å². The molecule has 1 aliphatic rings. The van der Waals surface area contributed by atoms with Gasteiger partial charge in [0.25, 0.3) is 11.8 Å². The number of anilines is 1. The maximum absolute atomic E-state index is 13.2. The predicted molar refractivity (Wildman–Crippen MR) is 135 cm³/mol. The van der Waals surface area contributed by atoms with Gasteiger partial charge in [0.1, 0.15) is 17.9 Å². The molecule has 34 heavy (non-hydrogen) atoms. The number of rotatable bonds is 5. The molecular formula is C25H17BrCl2N2O4. The Morgan fingerprint density at radius 1 is 1.03 bits per heavy atom. The van der Waals surface area contributed by atoms with E-state index in [4.69, 9.17) is 27.9 Å². The number of barbiturate groups is 1. The Kier molecular flexibility index (Phi) is 7.07. The van der Waals surface area contributed by atoms with E-state index in [1.54, 1.807) is 37.3 Å². The van der Waals surface area contributed by atoms with Crippen LogP contribution in [0.4, 0.5) is 10.5 Å². The van der Waals surface area contributed by atoms with Crippen molar-refractivity contribution in [2.45, 2.75) is 13.5 Å². The zero-order valence-corrected chi connectivity index (χ0v) is 20.9. The van der Waals surface area contributed by atoms with Crippen LogP contribution in [-0.4, -0.2) is 17.8 Å². The molecule has 6 nitrogen and oxygen atoms in total. The van der Waals surface area contributed by atoms with Crippen molar-refractivity contribution >= 4 is 68.7 Å². The van der Waals surface area contributed by atoms with Crippen molar-refractivity contribution in [3.05, 3.63) is 97.4 Å². The Balaban J connectivity index is 1.69. The molecule has 0 aliphatic carbocycles. The van der Waals surface area contributed by atoms with E-state index in [2.05, 4.69) is 21.2 Å². The Hall–Kier alpha value is -3.13. The highest BCUT2D eigenvalue weighted by molar-refractivity contribution is 9.10. The fraction of sp³-hybridized carbons (Fsp3) is 0.0800. The molecule has 1 saturated heterocycles. The van der Waals surface area contributed by atoms with Gasteiger partial charge in [-0.05, 0) is 55.0 Å². The smallest absolute Gasteiger partial charge is 0.335 e. The molecule has 172 valence electrons. The summed E-state index contributed by atoms with van der Waals surface area (Å²) in [7, 11) is 0. The molecular weight excluding hydrogens is 543 g/mol. The van der Waals surface area contributed by atoms with Crippen LogP contribution in [0.2, 0.25) is 10.0 Å². The van der Waals surface area contributed by atoms with Gasteiger partial charge in [-0.1, -0.05) is 63.4 Å². The number of ether oxygens (including phenoxy) is 1. The summed E-state index contributed by atoms with van der Waals surface area (Å²) in [6, 6.07) is 16.4. The van der Waals surface area contributed by atoms with Crippen molar-refractivity contribution in [3.63, 3.8) is 0 Å². The first-order valence-electron chi connectivity index (χ1n) is 10.1. The number of nitrogens with one attached hydrogen (secondary N) is 1. The van der Waals surface area contributed by atoms with Gasteiger partial charge in [-0.25, -0.2) is 9.69 Å². The first-order valence-corrected chi connectivity index (χ1v) is 11.6. The maximum Gasteiger partial charge on any atom is 0.335 e. The molecule has 3 aromatic rings. The highest BCUT2D eigenvalue weighted by atomic mass is 79.9. The van der Waals surface area contributed by atoms with E-state index in [9.17, 15) is 14.4 Å². The van der Waals surface area contributed by atoms with Gasteiger partial charge in [0, 0.05) is 25.6 Å². The van der Waals surface area contributed by atoms with E-state index < -0.39 is 17.8 Å². The minimum Gasteiger partial charge on any atom is -0.488 e. The summed E-state index contributed by atoms with van der Waals surface area (Å²) in [4.78, 5) is 39.1. The minimum absolute atomic E-state index is 0.242. The van der Waals surface area contributed by atoms with Crippen molar-refractivity contribution < 1.29 is 19.1 Å². The summed E-state index contributed by atoms with van der Waals surface area (Å²) in [5.74, 6) is -1.19. The molecule has 0 saturated carbocycles. The zero-order valence-electron chi connectivity index (χ0n) is 17.8. The third-order valence-electron chi connectivity index (χ3n) is 5.13. The largest absolute Gasteiger partial charge is 0.488 e. The van der Waals surface area contributed by atoms with Gasteiger partial charge in [0.15, 0.2) is 0 Å². The van der Waals surface area contributed by atoms with E-state index in [1.165, 1.54) is 12.1 Å². The van der Waals surface area contributed by atoms with Gasteiger partial charge in [0.05, 0.1) is 5.69 Å². The van der Waals surface area contributed by atoms with Crippen molar-refractivity contribution in [3.8, 4) is 5.75 Å². The Morgan fingerprint density at radius 3 is 2.53 bits per heavy atom. The summed E-state index contributed by atoms with van der Waals surface area (Å²) in [5.41, 5.74) is 2.11. The standard InChI is InChI=1S/C25H17BrCl2N2O4/c1-14-6-8-18(12-21(14)28)30-24(32)19(23(31)29-25(30)33)11-16-10-17(27)7-9-22(16)34-13-15-4-2-3-5-20(15)26/h2-12H,13H2,1H3,(H,29,31,33)/b19-11+. The third kappa shape index (κ3) is 5.01. The number of carbonyl (C=O) groups excluding carboxylic acids is 3. The van der Waals surface area contributed by atoms with Crippen LogP contribution in [0, 0.1) is 6.92 Å². The average molecular weight is 560 g/mol. The number of carbonyl (C=O) groups is 3. The lowest BCUT2D eigenvalue weighted by Gasteiger charge is -2.26. The molecule has 1 fully saturated rings. The van der Waals surface area contributed by atoms with Crippen LogP contribution < -0.4 is 15.0 Å². The Morgan fingerprint density at radius 2 is 1.79 bits per heavy atom. The predicted octanol–water partition coefficient (Wildman–Crippen LogP) is 6.31. The number of nitrogens with zero attached hydrogens (tertiary/aromatic N) is 1. The van der Waals surface area contributed by atoms with Gasteiger partial charge in [-0.15, -0.1) is 0 Å². The number of aryl methyl sites for hydroxylation is 1. The fourth-order valence-electron chi connectivity index (χ4n) is 3.30. The molecule has 1 N–H and O–H groups in total. The van der Waals surface area contributed by atoms with Gasteiger partial charge in [-0.3, -0.25) is 14.9 Å². The molecule has 1 aliphatic heterocycles. The molecule has 0 atom stereocenters. The molecule has 0 radical (unpaired) electrons. The highest BCUT2D eigenvalue weighted by Gasteiger charge is 2.37. The number of hydrogen-bond acceptors (Lipinski definition) is 4. The molecule has 0 spiro atoms. The van der Waals surface area contributed by atoms with E-state index in [-0.39, 0.29) is 17.9 Å². The highest BCUT2D eigenvalue weighted by Crippen LogP contribution is 2.30. The third-order valence-corrected chi connectivity index (χ3v) is 6.54. The van der Waals surface area contributed by atoms with Crippen molar-refractivity contribution in [2.75, 3.05) is 4.90 Å². The SMILES string of the molecule is Cc1ccc(N2C(=O)NC(=O)/C(=C\c3cc(Cl)ccc3OCc3ccccc3Br)C2=O)cc1Cl. The first kappa shape index (κ1) is 24.0. The Labute approximate surface area is 214 Å². The van der Waals surface area contributed by atoms with Crippen LogP contribution in [-0.2, 0) is 16.2 Å². The second-order valence-corrected chi connectivity index (χ2v) is 9.15. The number of halogens is 3. The lowest BCUT2D eigenvalue weighted by molar-refractivity contribution is -0.122. The average Bonchev–Trinajstić information content (AvgIpc) is 2.79. The van der Waals surface area contributed by atoms with Crippen LogP contribution in [0.3, 0.4) is 0 Å². The number of amides is 4. The first-order chi connectivity index (χ1) is 16.2. The van der Waals surface area contributed by atoms with Crippen LogP contribution >= 0.6 is 39.1 Å². The molecule has 0 bridgehead atoms. The monoisotopic (exact) mass is 558 g/mol. The van der Waals surface area contributed by atoms with Crippen molar-refractivity contribution in [2.24, 2.45) is 0 Å². The van der Waals surface area contributed by atoms with E-state index in [1.807, 2.05) is 24.3 Å². The molecule has 4 amide bonds. The topological polar surface area (TPSA) is 75.7 Å². The Bertz CT molecular complexity index is 1360. The summed E-state index contributed by atoms with van der Waals surface area (Å²) in [6.45, 7) is 2.04. The number of imide groups is 2. The molecule has 0 unspecified atom stereocenters. The van der Waals surface area contributed by atoms with Crippen LogP contribution in [0.15, 0.2) is 70.7 Å². The summed E-state index contributed by atoms with van der Waals surface area (Å²) in [5, 5.41) is 2.98. The second-order valence-electron chi connectivity index (χ2n) is 7.45. The number of hydrogen-bond donors (Lipinski definition) is 1. The lowest BCUT2D eigenvalue weighted by Crippen LogP contribution is -2.54. The van der Waals surface area contributed by atoms with Gasteiger partial charge in [-0.2, -0.15) is 0 Å². The molecule has 0 aromatic heterocycles. The van der Waals surface area contributed by atoms with E-state index in [0.717, 1.165) is 20.5 Å². The quantitative estimate of drug-likeness (QED) is 0.293. The van der Waals surface area contributed by atoms with E-state index >= 15 is 0 Å². The van der Waals surface area contributed by atoms with Gasteiger partial charge in [0.2, 0.25) is 0 Å². The van der Waals surface area contributed by atoms with Crippen molar-refractivity contribution in [1.82, 2.24) is 5.32 Å². The normalized spacial score (nSPS) is 15.0. The van der Waals surface area contributed by atoms with Crippen LogP contribution in [0.25, 0.3) is 6.08 Å². The van der Waals surface area contributed by atoms with Crippen LogP contribution in [0.5, 0.6) is 5.75 Å². The second kappa shape index (κ2) is 10.0. The molecule has 9 heteroatoms.